The highest BCUT2D eigenvalue weighted by Gasteiger charge is 2.30. The van der Waals surface area contributed by atoms with E-state index in [1.54, 1.807) is 12.2 Å². The molecular weight excluding hydrogens is 1350 g/mol. The van der Waals surface area contributed by atoms with Crippen LogP contribution in [0, 0.1) is 0 Å². The molecule has 5 unspecified atom stereocenters. The molecule has 104 heavy (non-hydrogen) atoms. The normalized spacial score (nSPS) is 14.5. The number of ether oxygens (including phenoxy) is 4. The van der Waals surface area contributed by atoms with Crippen LogP contribution in [-0.2, 0) is 65.4 Å². The van der Waals surface area contributed by atoms with E-state index < -0.39 is 97.5 Å². The summed E-state index contributed by atoms with van der Waals surface area (Å²) >= 11 is 0. The van der Waals surface area contributed by atoms with Crippen LogP contribution in [0.15, 0.2) is 122 Å². The van der Waals surface area contributed by atoms with E-state index in [0.717, 1.165) is 161 Å². The van der Waals surface area contributed by atoms with Gasteiger partial charge in [-0.1, -0.05) is 290 Å². The molecule has 0 aliphatic rings. The smallest absolute Gasteiger partial charge is 0.462 e. The molecule has 0 radical (unpaired) electrons. The minimum atomic E-state index is -5.01. The van der Waals surface area contributed by atoms with E-state index >= 15 is 0 Å². The second-order valence-electron chi connectivity index (χ2n) is 27.0. The van der Waals surface area contributed by atoms with Crippen molar-refractivity contribution in [3.63, 3.8) is 0 Å². The van der Waals surface area contributed by atoms with Crippen molar-refractivity contribution in [3.05, 3.63) is 122 Å². The fourth-order valence-corrected chi connectivity index (χ4v) is 12.3. The number of hydrogen-bond acceptors (Lipinski definition) is 15. The number of esters is 4. The van der Waals surface area contributed by atoms with Gasteiger partial charge in [-0.3, -0.25) is 37.3 Å². The molecular formula is C85H146O17P2. The van der Waals surface area contributed by atoms with Crippen LogP contribution in [0.3, 0.4) is 0 Å². The van der Waals surface area contributed by atoms with Gasteiger partial charge in [0.25, 0.3) is 0 Å². The third kappa shape index (κ3) is 75.7. The molecule has 0 aromatic rings. The first kappa shape index (κ1) is 99.5. The molecule has 17 nitrogen and oxygen atoms in total. The fraction of sp³-hybridized carbons (Fsp3) is 0.718. The molecule has 19 heteroatoms. The summed E-state index contributed by atoms with van der Waals surface area (Å²) < 4.78 is 68.5. The molecule has 0 heterocycles. The van der Waals surface area contributed by atoms with Gasteiger partial charge in [0.15, 0.2) is 12.2 Å². The number of aliphatic hydroxyl groups excluding tert-OH is 1. The predicted octanol–water partition coefficient (Wildman–Crippen LogP) is 23.9. The Morgan fingerprint density at radius 2 is 0.538 bits per heavy atom. The summed E-state index contributed by atoms with van der Waals surface area (Å²) in [7, 11) is -10.00. The number of phosphoric acid groups is 2. The maximum Gasteiger partial charge on any atom is 0.472 e. The van der Waals surface area contributed by atoms with Gasteiger partial charge >= 0.3 is 39.5 Å². The van der Waals surface area contributed by atoms with Crippen LogP contribution in [-0.4, -0.2) is 96.7 Å². The fourth-order valence-electron chi connectivity index (χ4n) is 10.7. The van der Waals surface area contributed by atoms with Gasteiger partial charge in [0.05, 0.1) is 32.8 Å². The van der Waals surface area contributed by atoms with Crippen LogP contribution in [0.25, 0.3) is 0 Å². The molecule has 0 saturated heterocycles. The Labute approximate surface area is 632 Å². The average molecular weight is 1500 g/mol. The van der Waals surface area contributed by atoms with Gasteiger partial charge in [-0.25, -0.2) is 9.13 Å². The summed E-state index contributed by atoms with van der Waals surface area (Å²) in [6.45, 7) is 4.60. The van der Waals surface area contributed by atoms with Crippen LogP contribution < -0.4 is 0 Å². The summed E-state index contributed by atoms with van der Waals surface area (Å²) in [6.07, 6.45) is 84.9. The van der Waals surface area contributed by atoms with Gasteiger partial charge in [0, 0.05) is 19.3 Å². The highest BCUT2D eigenvalue weighted by molar-refractivity contribution is 7.47. The van der Waals surface area contributed by atoms with Gasteiger partial charge < -0.3 is 33.8 Å². The molecule has 0 rings (SSSR count). The molecule has 0 aliphatic heterocycles. The van der Waals surface area contributed by atoms with Crippen molar-refractivity contribution >= 4 is 39.5 Å². The third-order valence-electron chi connectivity index (χ3n) is 16.9. The van der Waals surface area contributed by atoms with E-state index in [0.29, 0.717) is 25.7 Å². The second kappa shape index (κ2) is 76.6. The topological polar surface area (TPSA) is 237 Å². The van der Waals surface area contributed by atoms with E-state index in [1.807, 2.05) is 12.2 Å². The molecule has 0 fully saturated rings. The molecule has 598 valence electrons. The third-order valence-corrected chi connectivity index (χ3v) is 18.8. The largest absolute Gasteiger partial charge is 0.472 e. The van der Waals surface area contributed by atoms with Crippen molar-refractivity contribution in [2.45, 2.75) is 354 Å². The Balaban J connectivity index is 5.43. The number of aliphatic hydroxyl groups is 1. The maximum atomic E-state index is 13.1. The molecule has 0 spiro atoms. The number of hydrogen-bond donors (Lipinski definition) is 3. The molecule has 0 bridgehead atoms. The van der Waals surface area contributed by atoms with E-state index in [9.17, 15) is 43.2 Å². The highest BCUT2D eigenvalue weighted by atomic mass is 31.2. The first-order valence-electron chi connectivity index (χ1n) is 40.8. The summed E-state index contributed by atoms with van der Waals surface area (Å²) in [5.41, 5.74) is 0. The van der Waals surface area contributed by atoms with Crippen LogP contribution in [0.1, 0.15) is 336 Å². The second-order valence-corrected chi connectivity index (χ2v) is 29.9. The van der Waals surface area contributed by atoms with Crippen LogP contribution >= 0.6 is 15.6 Å². The first-order valence-corrected chi connectivity index (χ1v) is 43.8. The number of phosphoric ester groups is 2. The van der Waals surface area contributed by atoms with Gasteiger partial charge in [0.1, 0.15) is 19.3 Å². The molecule has 0 saturated carbocycles. The highest BCUT2D eigenvalue weighted by Crippen LogP contribution is 2.45. The Kier molecular flexibility index (Phi) is 73.3. The van der Waals surface area contributed by atoms with Gasteiger partial charge in [-0.2, -0.15) is 0 Å². The average Bonchev–Trinajstić information content (AvgIpc) is 0.999. The Hall–Kier alpha value is -4.54. The SMILES string of the molecule is CC/C=C\C/C=C\C/C=C\C/C=C\C/C=C\CC(=O)OC(COC(=O)CCCCCCCC/C=C\C/C=C\C/C=C\CCCCC)COP(=O)(O)OCC(O)COP(=O)(O)OCC(COC(=O)CCCCCCC/C=C\CCCCCCCC)OC(=O)CCCCCCC/C=C\CCCCCCCC. The monoisotopic (exact) mass is 1500 g/mol. The molecule has 0 aliphatic carbocycles. The summed E-state index contributed by atoms with van der Waals surface area (Å²) in [4.78, 5) is 73.0. The predicted molar refractivity (Wildman–Crippen MR) is 427 cm³/mol. The number of allylic oxidation sites excluding steroid dienone is 19. The van der Waals surface area contributed by atoms with Crippen LogP contribution in [0.5, 0.6) is 0 Å². The van der Waals surface area contributed by atoms with E-state index in [1.165, 1.54) is 96.3 Å². The number of carbonyl (C=O) groups excluding carboxylic acids is 4. The minimum absolute atomic E-state index is 0.0804. The van der Waals surface area contributed by atoms with E-state index in [-0.39, 0.29) is 25.7 Å². The first-order chi connectivity index (χ1) is 50.7. The van der Waals surface area contributed by atoms with Crippen molar-refractivity contribution in [3.8, 4) is 0 Å². The number of rotatable bonds is 76. The molecule has 0 aromatic carbocycles. The van der Waals surface area contributed by atoms with Crippen molar-refractivity contribution in [2.24, 2.45) is 0 Å². The Bertz CT molecular complexity index is 2440. The van der Waals surface area contributed by atoms with Crippen molar-refractivity contribution in [2.75, 3.05) is 39.6 Å². The van der Waals surface area contributed by atoms with Gasteiger partial charge in [-0.05, 0) is 141 Å². The van der Waals surface area contributed by atoms with Crippen LogP contribution in [0.2, 0.25) is 0 Å². The summed E-state index contributed by atoms with van der Waals surface area (Å²) in [5.74, 6) is -2.35. The van der Waals surface area contributed by atoms with Crippen molar-refractivity contribution in [1.82, 2.24) is 0 Å². The van der Waals surface area contributed by atoms with Crippen molar-refractivity contribution in [1.29, 1.82) is 0 Å². The number of unbranched alkanes of at least 4 members (excludes halogenated alkanes) is 31. The zero-order chi connectivity index (χ0) is 76.0. The zero-order valence-electron chi connectivity index (χ0n) is 65.4. The summed E-state index contributed by atoms with van der Waals surface area (Å²) in [6, 6.07) is 0. The lowest BCUT2D eigenvalue weighted by molar-refractivity contribution is -0.161. The lowest BCUT2D eigenvalue weighted by Gasteiger charge is -2.21. The van der Waals surface area contributed by atoms with Gasteiger partial charge in [-0.15, -0.1) is 0 Å². The molecule has 0 aromatic heterocycles. The maximum absolute atomic E-state index is 13.1. The molecule has 0 amide bonds. The zero-order valence-corrected chi connectivity index (χ0v) is 67.2. The number of carbonyl (C=O) groups is 4. The Morgan fingerprint density at radius 3 is 0.885 bits per heavy atom. The summed E-state index contributed by atoms with van der Waals surface area (Å²) in [5, 5.41) is 10.6. The quantitative estimate of drug-likeness (QED) is 0.0169. The van der Waals surface area contributed by atoms with Crippen LogP contribution in [0.4, 0.5) is 0 Å². The molecule has 5 atom stereocenters. The van der Waals surface area contributed by atoms with E-state index in [2.05, 4.69) is 125 Å². The minimum Gasteiger partial charge on any atom is -0.462 e. The van der Waals surface area contributed by atoms with Crippen molar-refractivity contribution < 1.29 is 80.2 Å². The molecule has 3 N–H and O–H groups in total. The van der Waals surface area contributed by atoms with Gasteiger partial charge in [0.2, 0.25) is 0 Å². The lowest BCUT2D eigenvalue weighted by atomic mass is 10.1. The lowest BCUT2D eigenvalue weighted by Crippen LogP contribution is -2.30. The standard InChI is InChI=1S/C85H146O17P2/c1-5-9-13-17-21-25-29-33-37-38-39-40-44-46-50-54-58-62-66-70-83(88)96-76-81(102-85(90)72-68-64-60-56-52-48-43-36-32-28-24-20-16-12-8-4)78-100-104(93,94)98-74-79(86)73-97-103(91,92)99-77-80(101-84(89)71-67-63-59-55-51-47-42-35-31-27-23-19-15-11-7-3)75-95-82(87)69-65-61-57-53-49-45-41-34-30-26-22-18-14-10-6-2/h12,16,21,24-25,28,33-37,39-43,52,56,64,68,79-81,86H,5-11,13-15,17-20,22-23,26-27,29-32,38,44-51,53-55,57-63,65-67,69-78H2,1-4H3,(H,91,92)(H,93,94)/b16-12-,25-21-,28-24-,37-33-,40-39-,41-34-,42-35-,43-36-,56-52-,68-64-. The Morgan fingerprint density at radius 1 is 0.288 bits per heavy atom. The van der Waals surface area contributed by atoms with E-state index in [4.69, 9.17) is 37.0 Å².